The van der Waals surface area contributed by atoms with E-state index in [1.54, 1.807) is 20.8 Å². The summed E-state index contributed by atoms with van der Waals surface area (Å²) in [5, 5.41) is 0. The van der Waals surface area contributed by atoms with Gasteiger partial charge in [0, 0.05) is 0 Å². The van der Waals surface area contributed by atoms with E-state index in [9.17, 15) is 9.59 Å². The summed E-state index contributed by atoms with van der Waals surface area (Å²) in [5.41, 5.74) is -0.984. The van der Waals surface area contributed by atoms with E-state index in [1.807, 2.05) is 0 Å². The summed E-state index contributed by atoms with van der Waals surface area (Å²) < 4.78 is 4.71. The number of esters is 1. The quantitative estimate of drug-likeness (QED) is 0.297. The number of allylic oxidation sites excluding steroid dienone is 2. The summed E-state index contributed by atoms with van der Waals surface area (Å²) >= 11 is 0. The maximum atomic E-state index is 11.3. The van der Waals surface area contributed by atoms with Gasteiger partial charge < -0.3 is 4.74 Å². The molecule has 0 saturated carbocycles. The highest BCUT2D eigenvalue weighted by Crippen LogP contribution is 2.31. The summed E-state index contributed by atoms with van der Waals surface area (Å²) in [6.07, 6.45) is 1.51. The van der Waals surface area contributed by atoms with Gasteiger partial charge in [0.05, 0.1) is 0 Å². The highest BCUT2D eigenvalue weighted by Gasteiger charge is 2.47. The van der Waals surface area contributed by atoms with Gasteiger partial charge in [0.2, 0.25) is 5.78 Å². The zero-order chi connectivity index (χ0) is 8.65. The molecule has 3 heteroatoms. The number of Topliss-reactive ketones (excluding diaryl/α,β-unsaturated/α-hetero) is 1. The zero-order valence-electron chi connectivity index (χ0n) is 6.80. The fourth-order valence-corrected chi connectivity index (χ4v) is 0.865. The average molecular weight is 154 g/mol. The van der Waals surface area contributed by atoms with Crippen LogP contribution < -0.4 is 0 Å². The van der Waals surface area contributed by atoms with Crippen molar-refractivity contribution >= 4 is 11.8 Å². The van der Waals surface area contributed by atoms with E-state index in [0.29, 0.717) is 0 Å². The molecule has 0 radical (unpaired) electrons. The molecule has 1 heterocycles. The molecule has 0 atom stereocenters. The SMILES string of the molecule is C/C=C1/OC(=O)C(C)(C)C1=O. The monoisotopic (exact) mass is 154 g/mol. The number of carbonyl (C=O) groups excluding carboxylic acids is 2. The highest BCUT2D eigenvalue weighted by molar-refractivity contribution is 6.16. The van der Waals surface area contributed by atoms with Crippen LogP contribution in [0.5, 0.6) is 0 Å². The number of ketones is 1. The summed E-state index contributed by atoms with van der Waals surface area (Å²) in [7, 11) is 0. The van der Waals surface area contributed by atoms with Crippen molar-refractivity contribution in [2.24, 2.45) is 5.41 Å². The molecular formula is C8H10O3. The number of hydrogen-bond donors (Lipinski definition) is 0. The number of rotatable bonds is 0. The lowest BCUT2D eigenvalue weighted by molar-refractivity contribution is -0.144. The summed E-state index contributed by atoms with van der Waals surface area (Å²) in [5.74, 6) is -0.527. The van der Waals surface area contributed by atoms with Crippen LogP contribution in [0.4, 0.5) is 0 Å². The lowest BCUT2D eigenvalue weighted by atomic mass is 9.90. The van der Waals surface area contributed by atoms with Crippen molar-refractivity contribution in [3.05, 3.63) is 11.8 Å². The minimum atomic E-state index is -0.984. The Kier molecular flexibility index (Phi) is 1.59. The third-order valence-electron chi connectivity index (χ3n) is 1.77. The Bertz CT molecular complexity index is 248. The zero-order valence-corrected chi connectivity index (χ0v) is 6.80. The van der Waals surface area contributed by atoms with Gasteiger partial charge in [-0.05, 0) is 26.8 Å². The Morgan fingerprint density at radius 1 is 1.36 bits per heavy atom. The summed E-state index contributed by atoms with van der Waals surface area (Å²) in [6.45, 7) is 4.80. The van der Waals surface area contributed by atoms with Gasteiger partial charge in [0.15, 0.2) is 5.76 Å². The molecule has 0 aromatic heterocycles. The van der Waals surface area contributed by atoms with Crippen LogP contribution in [0.3, 0.4) is 0 Å². The minimum absolute atomic E-state index is 0.167. The van der Waals surface area contributed by atoms with Gasteiger partial charge in [0.1, 0.15) is 5.41 Å². The van der Waals surface area contributed by atoms with Gasteiger partial charge in [-0.15, -0.1) is 0 Å². The molecule has 0 aromatic rings. The van der Waals surface area contributed by atoms with E-state index in [0.717, 1.165) is 0 Å². The van der Waals surface area contributed by atoms with Gasteiger partial charge in [-0.3, -0.25) is 9.59 Å². The van der Waals surface area contributed by atoms with Crippen molar-refractivity contribution in [3.8, 4) is 0 Å². The van der Waals surface area contributed by atoms with Crippen molar-refractivity contribution in [2.75, 3.05) is 0 Å². The molecule has 0 aliphatic carbocycles. The molecule has 0 N–H and O–H groups in total. The van der Waals surface area contributed by atoms with Gasteiger partial charge in [0.25, 0.3) is 0 Å². The molecule has 11 heavy (non-hydrogen) atoms. The Morgan fingerprint density at radius 2 is 1.91 bits per heavy atom. The lowest BCUT2D eigenvalue weighted by Crippen LogP contribution is -2.25. The van der Waals surface area contributed by atoms with Gasteiger partial charge in [-0.2, -0.15) is 0 Å². The van der Waals surface area contributed by atoms with Crippen LogP contribution in [-0.2, 0) is 14.3 Å². The lowest BCUT2D eigenvalue weighted by Gasteiger charge is -2.05. The normalized spacial score (nSPS) is 25.9. The third-order valence-corrected chi connectivity index (χ3v) is 1.77. The Balaban J connectivity index is 3.08. The molecule has 0 amide bonds. The fourth-order valence-electron chi connectivity index (χ4n) is 0.865. The molecular weight excluding hydrogens is 144 g/mol. The first-order valence-electron chi connectivity index (χ1n) is 3.43. The van der Waals surface area contributed by atoms with Crippen LogP contribution >= 0.6 is 0 Å². The van der Waals surface area contributed by atoms with Crippen molar-refractivity contribution in [1.29, 1.82) is 0 Å². The van der Waals surface area contributed by atoms with Crippen molar-refractivity contribution < 1.29 is 14.3 Å². The van der Waals surface area contributed by atoms with Gasteiger partial charge in [-0.25, -0.2) is 0 Å². The molecule has 60 valence electrons. The second kappa shape index (κ2) is 2.19. The van der Waals surface area contributed by atoms with Crippen LogP contribution in [0.2, 0.25) is 0 Å². The van der Waals surface area contributed by atoms with E-state index < -0.39 is 11.4 Å². The van der Waals surface area contributed by atoms with Crippen molar-refractivity contribution in [2.45, 2.75) is 20.8 Å². The molecule has 0 bridgehead atoms. The fraction of sp³-hybridized carbons (Fsp3) is 0.500. The van der Waals surface area contributed by atoms with Gasteiger partial charge in [-0.1, -0.05) is 0 Å². The molecule has 0 unspecified atom stereocenters. The second-order valence-corrected chi connectivity index (χ2v) is 3.00. The number of cyclic esters (lactones) is 1. The maximum Gasteiger partial charge on any atom is 0.325 e. The van der Waals surface area contributed by atoms with E-state index in [1.165, 1.54) is 6.08 Å². The molecule has 1 aliphatic heterocycles. The summed E-state index contributed by atoms with van der Waals surface area (Å²) in [4.78, 5) is 22.2. The largest absolute Gasteiger partial charge is 0.422 e. The van der Waals surface area contributed by atoms with Crippen LogP contribution in [0.25, 0.3) is 0 Å². The predicted molar refractivity (Wildman–Crippen MR) is 38.6 cm³/mol. The van der Waals surface area contributed by atoms with E-state index in [-0.39, 0.29) is 11.5 Å². The van der Waals surface area contributed by atoms with Gasteiger partial charge >= 0.3 is 5.97 Å². The first-order valence-corrected chi connectivity index (χ1v) is 3.43. The third kappa shape index (κ3) is 0.964. The molecule has 1 rings (SSSR count). The first kappa shape index (κ1) is 7.98. The second-order valence-electron chi connectivity index (χ2n) is 3.00. The van der Waals surface area contributed by atoms with Crippen molar-refractivity contribution in [3.63, 3.8) is 0 Å². The number of hydrogen-bond acceptors (Lipinski definition) is 3. The van der Waals surface area contributed by atoms with Crippen LogP contribution in [0, 0.1) is 5.41 Å². The molecule has 1 saturated heterocycles. The first-order chi connectivity index (χ1) is 5.00. The molecule has 1 aliphatic rings. The molecule has 0 spiro atoms. The van der Waals surface area contributed by atoms with Crippen LogP contribution in [-0.4, -0.2) is 11.8 Å². The molecule has 1 fully saturated rings. The maximum absolute atomic E-state index is 11.3. The van der Waals surface area contributed by atoms with Crippen molar-refractivity contribution in [1.82, 2.24) is 0 Å². The van der Waals surface area contributed by atoms with Crippen LogP contribution in [0.15, 0.2) is 11.8 Å². The smallest absolute Gasteiger partial charge is 0.325 e. The average Bonchev–Trinajstić information content (AvgIpc) is 2.14. The highest BCUT2D eigenvalue weighted by atomic mass is 16.6. The standard InChI is InChI=1S/C8H10O3/c1-4-5-6(9)8(2,3)7(10)11-5/h4H,1-3H3/b5-4+. The molecule has 3 nitrogen and oxygen atoms in total. The topological polar surface area (TPSA) is 43.4 Å². The number of carbonyl (C=O) groups is 2. The molecule has 0 aromatic carbocycles. The van der Waals surface area contributed by atoms with E-state index in [4.69, 9.17) is 4.74 Å². The number of ether oxygens (including phenoxy) is 1. The Morgan fingerprint density at radius 3 is 2.09 bits per heavy atom. The minimum Gasteiger partial charge on any atom is -0.422 e. The Labute approximate surface area is 65.0 Å². The predicted octanol–water partition coefficient (Wildman–Crippen LogP) is 1.04. The van der Waals surface area contributed by atoms with Crippen LogP contribution in [0.1, 0.15) is 20.8 Å². The summed E-state index contributed by atoms with van der Waals surface area (Å²) in [6, 6.07) is 0. The van der Waals surface area contributed by atoms with E-state index in [2.05, 4.69) is 0 Å². The van der Waals surface area contributed by atoms with E-state index >= 15 is 0 Å². The Hall–Kier alpha value is -1.12.